The maximum absolute atomic E-state index is 9.90. The number of carboxylic acid groups (broad SMARTS) is 2. The van der Waals surface area contributed by atoms with Gasteiger partial charge in [-0.05, 0) is 26.2 Å². The van der Waals surface area contributed by atoms with Gasteiger partial charge in [0.05, 0.1) is 26.4 Å². The fourth-order valence-electron chi connectivity index (χ4n) is 1.38. The van der Waals surface area contributed by atoms with Crippen LogP contribution in [-0.4, -0.2) is 61.8 Å². The molecule has 23 heavy (non-hydrogen) atoms. The van der Waals surface area contributed by atoms with Crippen molar-refractivity contribution in [2.24, 2.45) is 0 Å². The fraction of sp³-hybridized carbons (Fsp3) is 0.875. The molecule has 7 heteroatoms. The quantitative estimate of drug-likeness (QED) is 0.443. The van der Waals surface area contributed by atoms with Gasteiger partial charge in [0.25, 0.3) is 0 Å². The van der Waals surface area contributed by atoms with Gasteiger partial charge in [-0.3, -0.25) is 9.59 Å². The summed E-state index contributed by atoms with van der Waals surface area (Å²) in [6.07, 6.45) is 3.34. The van der Waals surface area contributed by atoms with Gasteiger partial charge >= 0.3 is 11.9 Å². The van der Waals surface area contributed by atoms with E-state index in [1.807, 2.05) is 6.92 Å². The summed E-state index contributed by atoms with van der Waals surface area (Å²) in [6.45, 7) is 8.48. The smallest absolute Gasteiger partial charge is 0.303 e. The third-order valence-electron chi connectivity index (χ3n) is 2.62. The molecular formula is C16H32O7. The lowest BCUT2D eigenvalue weighted by atomic mass is 10.2. The Hall–Kier alpha value is -1.18. The van der Waals surface area contributed by atoms with E-state index in [2.05, 4.69) is 6.92 Å². The Kier molecular flexibility index (Phi) is 21.8. The van der Waals surface area contributed by atoms with Crippen molar-refractivity contribution < 1.29 is 34.0 Å². The number of ether oxygens (including phenoxy) is 3. The third-order valence-corrected chi connectivity index (χ3v) is 2.62. The molecule has 0 saturated carbocycles. The predicted molar refractivity (Wildman–Crippen MR) is 86.8 cm³/mol. The summed E-state index contributed by atoms with van der Waals surface area (Å²) in [5.74, 6) is -1.74. The molecular weight excluding hydrogens is 304 g/mol. The van der Waals surface area contributed by atoms with E-state index in [0.29, 0.717) is 39.3 Å². The molecule has 0 aromatic heterocycles. The monoisotopic (exact) mass is 336 g/mol. The number of unbranched alkanes of at least 4 members (excludes halogenated alkanes) is 2. The fourth-order valence-corrected chi connectivity index (χ4v) is 1.38. The second-order valence-corrected chi connectivity index (χ2v) is 4.77. The Morgan fingerprint density at radius 1 is 0.696 bits per heavy atom. The lowest BCUT2D eigenvalue weighted by Gasteiger charge is -2.05. The van der Waals surface area contributed by atoms with Crippen LogP contribution in [0.25, 0.3) is 0 Å². The summed E-state index contributed by atoms with van der Waals surface area (Å²) in [6, 6.07) is 0. The number of aliphatic carboxylic acids is 2. The van der Waals surface area contributed by atoms with Crippen LogP contribution in [-0.2, 0) is 23.8 Å². The number of carboxylic acids is 2. The molecule has 0 aliphatic rings. The van der Waals surface area contributed by atoms with Gasteiger partial charge in [0, 0.05) is 26.1 Å². The summed E-state index contributed by atoms with van der Waals surface area (Å²) in [5, 5.41) is 16.3. The lowest BCUT2D eigenvalue weighted by Crippen LogP contribution is -2.09. The average molecular weight is 336 g/mol. The molecule has 0 spiro atoms. The van der Waals surface area contributed by atoms with E-state index in [9.17, 15) is 9.59 Å². The largest absolute Gasteiger partial charge is 0.481 e. The molecule has 7 nitrogen and oxygen atoms in total. The molecule has 138 valence electrons. The Labute approximate surface area is 138 Å². The minimum Gasteiger partial charge on any atom is -0.481 e. The van der Waals surface area contributed by atoms with Crippen molar-refractivity contribution in [2.45, 2.75) is 52.4 Å². The number of hydrogen-bond acceptors (Lipinski definition) is 5. The van der Waals surface area contributed by atoms with E-state index >= 15 is 0 Å². The van der Waals surface area contributed by atoms with Crippen LogP contribution in [0.1, 0.15) is 52.4 Å². The van der Waals surface area contributed by atoms with Gasteiger partial charge in [-0.2, -0.15) is 0 Å². The molecule has 0 aromatic carbocycles. The first-order valence-electron chi connectivity index (χ1n) is 8.21. The Bertz CT molecular complexity index is 243. The van der Waals surface area contributed by atoms with Crippen molar-refractivity contribution in [3.63, 3.8) is 0 Å². The van der Waals surface area contributed by atoms with Crippen molar-refractivity contribution in [3.05, 3.63) is 0 Å². The Morgan fingerprint density at radius 2 is 1.13 bits per heavy atom. The van der Waals surface area contributed by atoms with E-state index in [0.717, 1.165) is 19.6 Å². The van der Waals surface area contributed by atoms with Crippen molar-refractivity contribution in [1.29, 1.82) is 0 Å². The van der Waals surface area contributed by atoms with Crippen LogP contribution in [0.4, 0.5) is 0 Å². The molecule has 0 unspecified atom stereocenters. The van der Waals surface area contributed by atoms with Crippen LogP contribution >= 0.6 is 0 Å². The maximum Gasteiger partial charge on any atom is 0.303 e. The van der Waals surface area contributed by atoms with Crippen molar-refractivity contribution in [1.82, 2.24) is 0 Å². The van der Waals surface area contributed by atoms with Crippen LogP contribution in [0.2, 0.25) is 0 Å². The Morgan fingerprint density at radius 3 is 1.52 bits per heavy atom. The highest BCUT2D eigenvalue weighted by Gasteiger charge is 1.99. The van der Waals surface area contributed by atoms with Crippen LogP contribution in [0.3, 0.4) is 0 Å². The predicted octanol–water partition coefficient (Wildman–Crippen LogP) is 2.57. The van der Waals surface area contributed by atoms with Gasteiger partial charge in [0.2, 0.25) is 0 Å². The molecule has 0 aromatic rings. The average Bonchev–Trinajstić information content (AvgIpc) is 2.50. The lowest BCUT2D eigenvalue weighted by molar-refractivity contribution is -0.139. The molecule has 0 rings (SSSR count). The van der Waals surface area contributed by atoms with Gasteiger partial charge in [-0.1, -0.05) is 13.3 Å². The van der Waals surface area contributed by atoms with E-state index in [4.69, 9.17) is 24.4 Å². The van der Waals surface area contributed by atoms with E-state index in [-0.39, 0.29) is 12.8 Å². The first kappa shape index (κ1) is 24.1. The van der Waals surface area contributed by atoms with Crippen LogP contribution in [0, 0.1) is 0 Å². The van der Waals surface area contributed by atoms with Crippen molar-refractivity contribution in [3.8, 4) is 0 Å². The standard InChI is InChI=1S/C10H22O3.C6H10O4/c1-3-5-6-12-9-10-13-8-7-11-4-2;7-5(8)3-1-2-4-6(9)10/h3-10H2,1-2H3;1-4H2,(H,7,8)(H,9,10). The van der Waals surface area contributed by atoms with Crippen LogP contribution in [0.15, 0.2) is 0 Å². The summed E-state index contributed by atoms with van der Waals surface area (Å²) in [4.78, 5) is 19.8. The molecule has 0 bridgehead atoms. The first-order chi connectivity index (χ1) is 11.0. The van der Waals surface area contributed by atoms with Crippen LogP contribution in [0.5, 0.6) is 0 Å². The van der Waals surface area contributed by atoms with Gasteiger partial charge in [-0.15, -0.1) is 0 Å². The minimum absolute atomic E-state index is 0.0628. The van der Waals surface area contributed by atoms with E-state index in [1.165, 1.54) is 6.42 Å². The molecule has 0 aliphatic carbocycles. The zero-order valence-electron chi connectivity index (χ0n) is 14.4. The van der Waals surface area contributed by atoms with Crippen LogP contribution < -0.4 is 0 Å². The van der Waals surface area contributed by atoms with Gasteiger partial charge in [-0.25, -0.2) is 0 Å². The minimum atomic E-state index is -0.870. The van der Waals surface area contributed by atoms with E-state index in [1.54, 1.807) is 0 Å². The number of hydrogen-bond donors (Lipinski definition) is 2. The first-order valence-corrected chi connectivity index (χ1v) is 8.21. The normalized spacial score (nSPS) is 10.0. The molecule has 0 amide bonds. The molecule has 0 heterocycles. The van der Waals surface area contributed by atoms with Gasteiger partial charge in [0.15, 0.2) is 0 Å². The van der Waals surface area contributed by atoms with Crippen molar-refractivity contribution in [2.75, 3.05) is 39.6 Å². The topological polar surface area (TPSA) is 102 Å². The summed E-state index contributed by atoms with van der Waals surface area (Å²) < 4.78 is 15.7. The molecule has 0 saturated heterocycles. The van der Waals surface area contributed by atoms with Gasteiger partial charge in [0.1, 0.15) is 0 Å². The summed E-state index contributed by atoms with van der Waals surface area (Å²) in [7, 11) is 0. The second kappa shape index (κ2) is 20.8. The molecule has 0 aliphatic heterocycles. The van der Waals surface area contributed by atoms with Crippen molar-refractivity contribution >= 4 is 11.9 Å². The highest BCUT2D eigenvalue weighted by molar-refractivity contribution is 5.67. The van der Waals surface area contributed by atoms with E-state index < -0.39 is 11.9 Å². The molecule has 0 atom stereocenters. The molecule has 0 radical (unpaired) electrons. The second-order valence-electron chi connectivity index (χ2n) is 4.77. The summed E-state index contributed by atoms with van der Waals surface area (Å²) >= 11 is 0. The highest BCUT2D eigenvalue weighted by Crippen LogP contribution is 1.98. The molecule has 0 fully saturated rings. The Balaban J connectivity index is 0. The zero-order chi connectivity index (χ0) is 17.8. The maximum atomic E-state index is 9.90. The SMILES string of the molecule is CCCCOCCOCCOCC.O=C(O)CCCCC(=O)O. The highest BCUT2D eigenvalue weighted by atomic mass is 16.5. The molecule has 2 N–H and O–H groups in total. The number of carbonyl (C=O) groups is 2. The third kappa shape index (κ3) is 29.5. The zero-order valence-corrected chi connectivity index (χ0v) is 14.4. The van der Waals surface area contributed by atoms with Gasteiger partial charge < -0.3 is 24.4 Å². The summed E-state index contributed by atoms with van der Waals surface area (Å²) in [5.41, 5.74) is 0. The number of rotatable bonds is 15.